The van der Waals surface area contributed by atoms with Gasteiger partial charge in [0, 0.05) is 38.7 Å². The van der Waals surface area contributed by atoms with Gasteiger partial charge in [0.05, 0.1) is 11.3 Å². The van der Waals surface area contributed by atoms with Crippen LogP contribution in [0.3, 0.4) is 0 Å². The van der Waals surface area contributed by atoms with Crippen molar-refractivity contribution in [2.75, 3.05) is 18.9 Å². The van der Waals surface area contributed by atoms with E-state index in [1.807, 2.05) is 0 Å². The highest BCUT2D eigenvalue weighted by atomic mass is 35.5. The SMILES string of the molecule is CNc1ncc(S(=O)(=O)NCCn2ccnc2)cc1Cl. The van der Waals surface area contributed by atoms with Crippen LogP contribution in [-0.4, -0.2) is 36.5 Å². The molecule has 0 bridgehead atoms. The van der Waals surface area contributed by atoms with Crippen LogP contribution in [0, 0.1) is 0 Å². The Morgan fingerprint density at radius 2 is 2.25 bits per heavy atom. The van der Waals surface area contributed by atoms with Crippen LogP contribution in [0.4, 0.5) is 5.82 Å². The summed E-state index contributed by atoms with van der Waals surface area (Å²) in [6.07, 6.45) is 6.27. The Morgan fingerprint density at radius 3 is 2.85 bits per heavy atom. The highest BCUT2D eigenvalue weighted by Gasteiger charge is 2.15. The van der Waals surface area contributed by atoms with Crippen LogP contribution in [-0.2, 0) is 16.6 Å². The number of sulfonamides is 1. The number of nitrogens with zero attached hydrogens (tertiary/aromatic N) is 3. The molecular weight excluding hydrogens is 302 g/mol. The summed E-state index contributed by atoms with van der Waals surface area (Å²) in [5.74, 6) is 0.434. The van der Waals surface area contributed by atoms with Gasteiger partial charge >= 0.3 is 0 Å². The number of pyridine rings is 1. The van der Waals surface area contributed by atoms with Gasteiger partial charge in [0.2, 0.25) is 10.0 Å². The fraction of sp³-hybridized carbons (Fsp3) is 0.273. The van der Waals surface area contributed by atoms with Gasteiger partial charge in [-0.15, -0.1) is 0 Å². The number of rotatable bonds is 6. The molecule has 0 aliphatic carbocycles. The summed E-state index contributed by atoms with van der Waals surface area (Å²) < 4.78 is 28.4. The summed E-state index contributed by atoms with van der Waals surface area (Å²) >= 11 is 5.92. The Kier molecular flexibility index (Phi) is 4.58. The molecule has 0 atom stereocenters. The van der Waals surface area contributed by atoms with Gasteiger partial charge in [0.25, 0.3) is 0 Å². The average molecular weight is 316 g/mol. The van der Waals surface area contributed by atoms with Crippen LogP contribution in [0.25, 0.3) is 0 Å². The lowest BCUT2D eigenvalue weighted by molar-refractivity contribution is 0.572. The third kappa shape index (κ3) is 3.47. The zero-order chi connectivity index (χ0) is 14.6. The van der Waals surface area contributed by atoms with Crippen molar-refractivity contribution < 1.29 is 8.42 Å². The summed E-state index contributed by atoms with van der Waals surface area (Å²) in [7, 11) is -1.96. The van der Waals surface area contributed by atoms with Crippen LogP contribution in [0.1, 0.15) is 0 Å². The highest BCUT2D eigenvalue weighted by Crippen LogP contribution is 2.21. The maximum absolute atomic E-state index is 12.1. The van der Waals surface area contributed by atoms with E-state index in [-0.39, 0.29) is 16.5 Å². The monoisotopic (exact) mass is 315 g/mol. The minimum absolute atomic E-state index is 0.0344. The van der Waals surface area contributed by atoms with E-state index in [1.54, 1.807) is 30.3 Å². The number of anilines is 1. The largest absolute Gasteiger partial charge is 0.372 e. The fourth-order valence-electron chi connectivity index (χ4n) is 1.56. The molecule has 7 nitrogen and oxygen atoms in total. The molecule has 20 heavy (non-hydrogen) atoms. The predicted molar refractivity (Wildman–Crippen MR) is 76.2 cm³/mol. The molecule has 2 aromatic heterocycles. The number of imidazole rings is 1. The smallest absolute Gasteiger partial charge is 0.242 e. The van der Waals surface area contributed by atoms with E-state index in [9.17, 15) is 8.42 Å². The second-order valence-electron chi connectivity index (χ2n) is 3.95. The van der Waals surface area contributed by atoms with E-state index in [2.05, 4.69) is 20.0 Å². The van der Waals surface area contributed by atoms with Crippen molar-refractivity contribution in [3.63, 3.8) is 0 Å². The van der Waals surface area contributed by atoms with Crippen molar-refractivity contribution in [1.82, 2.24) is 19.3 Å². The van der Waals surface area contributed by atoms with Gasteiger partial charge in [-0.3, -0.25) is 0 Å². The Morgan fingerprint density at radius 1 is 1.45 bits per heavy atom. The van der Waals surface area contributed by atoms with Gasteiger partial charge in [0.1, 0.15) is 10.7 Å². The molecule has 9 heteroatoms. The molecule has 0 saturated carbocycles. The number of halogens is 1. The van der Waals surface area contributed by atoms with Gasteiger partial charge in [-0.25, -0.2) is 23.1 Å². The standard InChI is InChI=1S/C11H14ClN5O2S/c1-13-11-10(12)6-9(7-15-11)20(18,19)16-3-5-17-4-2-14-8-17/h2,4,6-8,16H,3,5H2,1H3,(H,13,15). The molecule has 0 aliphatic heterocycles. The van der Waals surface area contributed by atoms with E-state index in [1.165, 1.54) is 12.3 Å². The average Bonchev–Trinajstić information content (AvgIpc) is 2.91. The molecule has 2 N–H and O–H groups in total. The lowest BCUT2D eigenvalue weighted by atomic mass is 10.4. The molecule has 0 radical (unpaired) electrons. The topological polar surface area (TPSA) is 88.9 Å². The van der Waals surface area contributed by atoms with Crippen LogP contribution >= 0.6 is 11.6 Å². The zero-order valence-electron chi connectivity index (χ0n) is 10.7. The lowest BCUT2D eigenvalue weighted by Gasteiger charge is -2.08. The quantitative estimate of drug-likeness (QED) is 0.828. The first kappa shape index (κ1) is 14.8. The molecule has 0 spiro atoms. The highest BCUT2D eigenvalue weighted by molar-refractivity contribution is 7.89. The van der Waals surface area contributed by atoms with Crippen molar-refractivity contribution in [3.8, 4) is 0 Å². The molecule has 0 unspecified atom stereocenters. The Bertz CT molecular complexity index is 672. The van der Waals surface area contributed by atoms with Gasteiger partial charge in [-0.2, -0.15) is 0 Å². The summed E-state index contributed by atoms with van der Waals surface area (Å²) in [6, 6.07) is 1.36. The second-order valence-corrected chi connectivity index (χ2v) is 6.12. The van der Waals surface area contributed by atoms with Gasteiger partial charge < -0.3 is 9.88 Å². The van der Waals surface area contributed by atoms with Crippen LogP contribution in [0.2, 0.25) is 5.02 Å². The maximum Gasteiger partial charge on any atom is 0.242 e. The van der Waals surface area contributed by atoms with E-state index < -0.39 is 10.0 Å². The molecule has 0 aromatic carbocycles. The third-order valence-corrected chi connectivity index (χ3v) is 4.30. The number of aromatic nitrogens is 3. The van der Waals surface area contributed by atoms with E-state index in [0.717, 1.165) is 0 Å². The van der Waals surface area contributed by atoms with E-state index in [0.29, 0.717) is 12.4 Å². The molecule has 0 amide bonds. The first-order valence-electron chi connectivity index (χ1n) is 5.81. The molecule has 2 rings (SSSR count). The van der Waals surface area contributed by atoms with Crippen molar-refractivity contribution in [2.24, 2.45) is 0 Å². The Hall–Kier alpha value is -1.64. The molecular formula is C11H14ClN5O2S. The predicted octanol–water partition coefficient (Wildman–Crippen LogP) is 0.952. The summed E-state index contributed by atoms with van der Waals surface area (Å²) in [5, 5.41) is 3.02. The number of hydrogen-bond acceptors (Lipinski definition) is 5. The summed E-state index contributed by atoms with van der Waals surface area (Å²) in [5.41, 5.74) is 0. The Balaban J connectivity index is 2.04. The first-order valence-corrected chi connectivity index (χ1v) is 7.68. The van der Waals surface area contributed by atoms with Crippen LogP contribution in [0.5, 0.6) is 0 Å². The van der Waals surface area contributed by atoms with Gasteiger partial charge in [0.15, 0.2) is 0 Å². The molecule has 2 heterocycles. The van der Waals surface area contributed by atoms with Crippen LogP contribution < -0.4 is 10.0 Å². The maximum atomic E-state index is 12.1. The number of hydrogen-bond donors (Lipinski definition) is 2. The minimum Gasteiger partial charge on any atom is -0.372 e. The van der Waals surface area contributed by atoms with Gasteiger partial charge in [-0.05, 0) is 6.07 Å². The van der Waals surface area contributed by atoms with E-state index >= 15 is 0 Å². The second kappa shape index (κ2) is 6.21. The lowest BCUT2D eigenvalue weighted by Crippen LogP contribution is -2.27. The van der Waals surface area contributed by atoms with Crippen molar-refractivity contribution in [1.29, 1.82) is 0 Å². The molecule has 0 aliphatic rings. The number of nitrogens with one attached hydrogen (secondary N) is 2. The summed E-state index contributed by atoms with van der Waals surface area (Å²) in [6.45, 7) is 0.749. The van der Waals surface area contributed by atoms with Crippen molar-refractivity contribution in [2.45, 2.75) is 11.4 Å². The fourth-order valence-corrected chi connectivity index (χ4v) is 2.88. The first-order chi connectivity index (χ1) is 9.53. The third-order valence-electron chi connectivity index (χ3n) is 2.58. The van der Waals surface area contributed by atoms with Crippen molar-refractivity contribution >= 4 is 27.4 Å². The normalized spacial score (nSPS) is 11.5. The Labute approximate surface area is 122 Å². The minimum atomic E-state index is -3.62. The van der Waals surface area contributed by atoms with Gasteiger partial charge in [-0.1, -0.05) is 11.6 Å². The molecule has 108 valence electrons. The summed E-state index contributed by atoms with van der Waals surface area (Å²) in [4.78, 5) is 7.86. The van der Waals surface area contributed by atoms with E-state index in [4.69, 9.17) is 11.6 Å². The van der Waals surface area contributed by atoms with Crippen molar-refractivity contribution in [3.05, 3.63) is 36.0 Å². The molecule has 2 aromatic rings. The molecule has 0 fully saturated rings. The van der Waals surface area contributed by atoms with Crippen LogP contribution in [0.15, 0.2) is 35.9 Å². The zero-order valence-corrected chi connectivity index (χ0v) is 12.3. The molecule has 0 saturated heterocycles.